The Morgan fingerprint density at radius 2 is 1.70 bits per heavy atom. The minimum Gasteiger partial charge on any atom is -0.497 e. The van der Waals surface area contributed by atoms with Crippen molar-refractivity contribution in [3.63, 3.8) is 0 Å². The van der Waals surface area contributed by atoms with Gasteiger partial charge in [0.15, 0.2) is 0 Å². The van der Waals surface area contributed by atoms with Crippen LogP contribution in [0.5, 0.6) is 5.75 Å². The first-order valence-electron chi connectivity index (χ1n) is 10.4. The Bertz CT molecular complexity index is 796. The van der Waals surface area contributed by atoms with Gasteiger partial charge in [-0.05, 0) is 49.6 Å². The Hall–Kier alpha value is -2.47. The minimum absolute atomic E-state index is 0.0502. The lowest BCUT2D eigenvalue weighted by molar-refractivity contribution is -0.139. The lowest BCUT2D eigenvalue weighted by atomic mass is 10.1. The molecule has 0 fully saturated rings. The van der Waals surface area contributed by atoms with Gasteiger partial charge in [-0.15, -0.1) is 11.8 Å². The van der Waals surface area contributed by atoms with Crippen LogP contribution in [-0.4, -0.2) is 41.7 Å². The van der Waals surface area contributed by atoms with E-state index >= 15 is 0 Å². The number of hydrogen-bond acceptors (Lipinski definition) is 4. The molecule has 2 rings (SSSR count). The molecule has 0 unspecified atom stereocenters. The highest BCUT2D eigenvalue weighted by Gasteiger charge is 2.29. The van der Waals surface area contributed by atoms with E-state index in [-0.39, 0.29) is 23.6 Å². The van der Waals surface area contributed by atoms with E-state index in [1.807, 2.05) is 75.4 Å². The van der Waals surface area contributed by atoms with Crippen LogP contribution in [-0.2, 0) is 16.1 Å². The Labute approximate surface area is 184 Å². The molecule has 0 aromatic heterocycles. The first-order valence-corrected chi connectivity index (χ1v) is 11.4. The number of nitrogens with one attached hydrogen (secondary N) is 1. The molecular formula is C24H32N2O3S. The summed E-state index contributed by atoms with van der Waals surface area (Å²) < 4.78 is 5.22. The Morgan fingerprint density at radius 1 is 1.03 bits per heavy atom. The molecule has 2 aromatic rings. The zero-order chi connectivity index (χ0) is 21.9. The van der Waals surface area contributed by atoms with Crippen LogP contribution < -0.4 is 10.1 Å². The first kappa shape index (κ1) is 23.8. The second-order valence-electron chi connectivity index (χ2n) is 7.21. The van der Waals surface area contributed by atoms with Gasteiger partial charge in [0.2, 0.25) is 11.8 Å². The van der Waals surface area contributed by atoms with Crippen molar-refractivity contribution in [3.05, 3.63) is 60.2 Å². The van der Waals surface area contributed by atoms with Crippen molar-refractivity contribution >= 4 is 23.6 Å². The summed E-state index contributed by atoms with van der Waals surface area (Å²) in [6.45, 7) is 6.33. The largest absolute Gasteiger partial charge is 0.497 e. The Kier molecular flexibility index (Phi) is 9.74. The highest BCUT2D eigenvalue weighted by atomic mass is 32.2. The fraction of sp³-hybridized carbons (Fsp3) is 0.417. The predicted molar refractivity (Wildman–Crippen MR) is 123 cm³/mol. The molecule has 0 aliphatic carbocycles. The van der Waals surface area contributed by atoms with Crippen molar-refractivity contribution in [1.29, 1.82) is 0 Å². The zero-order valence-corrected chi connectivity index (χ0v) is 19.1. The third-order valence-corrected chi connectivity index (χ3v) is 6.00. The van der Waals surface area contributed by atoms with Gasteiger partial charge in [-0.1, -0.05) is 44.2 Å². The minimum atomic E-state index is -0.509. The third-order valence-electron chi connectivity index (χ3n) is 5.00. The van der Waals surface area contributed by atoms with Crippen LogP contribution in [0.1, 0.15) is 39.2 Å². The molecule has 2 atom stereocenters. The quantitative estimate of drug-likeness (QED) is 0.535. The Balaban J connectivity index is 2.19. The van der Waals surface area contributed by atoms with Crippen LogP contribution in [0.4, 0.5) is 0 Å². The molecule has 0 aliphatic heterocycles. The molecule has 2 aromatic carbocycles. The molecule has 30 heavy (non-hydrogen) atoms. The maximum absolute atomic E-state index is 13.2. The summed E-state index contributed by atoms with van der Waals surface area (Å²) in [4.78, 5) is 28.9. The zero-order valence-electron chi connectivity index (χ0n) is 18.3. The molecule has 0 saturated heterocycles. The number of ether oxygens (including phenoxy) is 1. The molecule has 0 spiro atoms. The van der Waals surface area contributed by atoms with Crippen molar-refractivity contribution in [1.82, 2.24) is 10.2 Å². The van der Waals surface area contributed by atoms with E-state index in [4.69, 9.17) is 4.74 Å². The van der Waals surface area contributed by atoms with Crippen LogP contribution in [0.25, 0.3) is 0 Å². The van der Waals surface area contributed by atoms with Gasteiger partial charge in [-0.2, -0.15) is 0 Å². The van der Waals surface area contributed by atoms with E-state index in [2.05, 4.69) is 5.32 Å². The average Bonchev–Trinajstić information content (AvgIpc) is 2.78. The van der Waals surface area contributed by atoms with E-state index in [1.165, 1.54) is 11.8 Å². The van der Waals surface area contributed by atoms with Crippen molar-refractivity contribution in [2.45, 2.75) is 57.1 Å². The van der Waals surface area contributed by atoms with Gasteiger partial charge in [0.05, 0.1) is 12.9 Å². The van der Waals surface area contributed by atoms with Gasteiger partial charge in [-0.3, -0.25) is 9.59 Å². The van der Waals surface area contributed by atoms with Crippen LogP contribution in [0.3, 0.4) is 0 Å². The maximum Gasteiger partial charge on any atom is 0.243 e. The summed E-state index contributed by atoms with van der Waals surface area (Å²) in [5.74, 6) is 0.898. The van der Waals surface area contributed by atoms with E-state index < -0.39 is 6.04 Å². The topological polar surface area (TPSA) is 58.6 Å². The molecule has 2 amide bonds. The maximum atomic E-state index is 13.2. The smallest absolute Gasteiger partial charge is 0.243 e. The van der Waals surface area contributed by atoms with E-state index in [1.54, 1.807) is 12.0 Å². The number of carbonyl (C=O) groups is 2. The molecule has 0 heterocycles. The second-order valence-corrected chi connectivity index (χ2v) is 8.26. The monoisotopic (exact) mass is 428 g/mol. The number of hydrogen-bond donors (Lipinski definition) is 1. The summed E-state index contributed by atoms with van der Waals surface area (Å²) in [5.41, 5.74) is 0.962. The standard InChI is InChI=1S/C24H32N2O3S/c1-5-18(3)25-24(28)22(6-2)26(16-19-12-14-20(29-4)15-13-19)23(27)17-30-21-10-8-7-9-11-21/h7-15,18,22H,5-6,16-17H2,1-4H3,(H,25,28)/t18-,22-/m1/s1. The first-order chi connectivity index (χ1) is 14.5. The molecule has 0 bridgehead atoms. The lowest BCUT2D eigenvalue weighted by Gasteiger charge is -2.31. The number of carbonyl (C=O) groups excluding carboxylic acids is 2. The van der Waals surface area contributed by atoms with Crippen molar-refractivity contribution < 1.29 is 14.3 Å². The molecule has 0 saturated carbocycles. The number of benzene rings is 2. The van der Waals surface area contributed by atoms with E-state index in [0.29, 0.717) is 13.0 Å². The summed E-state index contributed by atoms with van der Waals surface area (Å²) in [7, 11) is 1.62. The van der Waals surface area contributed by atoms with Gasteiger partial charge in [-0.25, -0.2) is 0 Å². The summed E-state index contributed by atoms with van der Waals surface area (Å²) in [5, 5.41) is 3.03. The SMILES string of the molecule is CC[C@@H](C)NC(=O)[C@@H](CC)N(Cc1ccc(OC)cc1)C(=O)CSc1ccccc1. The predicted octanol–water partition coefficient (Wildman–Crippen LogP) is 4.51. The average molecular weight is 429 g/mol. The van der Waals surface area contributed by atoms with Crippen LogP contribution >= 0.6 is 11.8 Å². The molecule has 162 valence electrons. The van der Waals surface area contributed by atoms with Gasteiger partial charge in [0.1, 0.15) is 11.8 Å². The second kappa shape index (κ2) is 12.3. The number of thioether (sulfide) groups is 1. The molecular weight excluding hydrogens is 396 g/mol. The summed E-state index contributed by atoms with van der Waals surface area (Å²) in [6, 6.07) is 17.0. The fourth-order valence-corrected chi connectivity index (χ4v) is 3.84. The van der Waals surface area contributed by atoms with Gasteiger partial charge >= 0.3 is 0 Å². The van der Waals surface area contributed by atoms with Crippen LogP contribution in [0, 0.1) is 0 Å². The molecule has 5 nitrogen and oxygen atoms in total. The highest BCUT2D eigenvalue weighted by Crippen LogP contribution is 2.21. The van der Waals surface area contributed by atoms with Crippen LogP contribution in [0.15, 0.2) is 59.5 Å². The highest BCUT2D eigenvalue weighted by molar-refractivity contribution is 8.00. The Morgan fingerprint density at radius 3 is 2.27 bits per heavy atom. The molecule has 0 radical (unpaired) electrons. The number of rotatable bonds is 11. The summed E-state index contributed by atoms with van der Waals surface area (Å²) in [6.07, 6.45) is 1.40. The van der Waals surface area contributed by atoms with Gasteiger partial charge < -0.3 is 15.0 Å². The normalized spacial score (nSPS) is 12.7. The van der Waals surface area contributed by atoms with E-state index in [9.17, 15) is 9.59 Å². The third kappa shape index (κ3) is 7.10. The van der Waals surface area contributed by atoms with Crippen molar-refractivity contribution in [2.75, 3.05) is 12.9 Å². The van der Waals surface area contributed by atoms with Crippen LogP contribution in [0.2, 0.25) is 0 Å². The fourth-order valence-electron chi connectivity index (χ4n) is 3.03. The van der Waals surface area contributed by atoms with E-state index in [0.717, 1.165) is 22.6 Å². The number of nitrogens with zero attached hydrogens (tertiary/aromatic N) is 1. The number of methoxy groups -OCH3 is 1. The number of amides is 2. The summed E-state index contributed by atoms with van der Waals surface area (Å²) >= 11 is 1.49. The van der Waals surface area contributed by atoms with Gasteiger partial charge in [0, 0.05) is 17.5 Å². The van der Waals surface area contributed by atoms with Crippen molar-refractivity contribution in [3.8, 4) is 5.75 Å². The molecule has 1 N–H and O–H groups in total. The van der Waals surface area contributed by atoms with Crippen molar-refractivity contribution in [2.24, 2.45) is 0 Å². The molecule has 6 heteroatoms. The van der Waals surface area contributed by atoms with Gasteiger partial charge in [0.25, 0.3) is 0 Å². The molecule has 0 aliphatic rings. The lowest BCUT2D eigenvalue weighted by Crippen LogP contribution is -2.51.